The van der Waals surface area contributed by atoms with Crippen LogP contribution < -0.4 is 5.32 Å². The normalized spacial score (nSPS) is 44.2. The van der Waals surface area contributed by atoms with Gasteiger partial charge in [-0.1, -0.05) is 41.0 Å². The van der Waals surface area contributed by atoms with Crippen LogP contribution in [0.2, 0.25) is 0 Å². The summed E-state index contributed by atoms with van der Waals surface area (Å²) in [6, 6.07) is -0.472. The van der Waals surface area contributed by atoms with Gasteiger partial charge in [-0.25, -0.2) is 19.6 Å². The highest BCUT2D eigenvalue weighted by Crippen LogP contribution is 2.63. The van der Waals surface area contributed by atoms with E-state index in [4.69, 9.17) is 76.4 Å². The average Bonchev–Trinajstić information content (AvgIpc) is 2.04. The van der Waals surface area contributed by atoms with Crippen molar-refractivity contribution in [2.24, 2.45) is 71.0 Å². The molecule has 478 valence electrons. The van der Waals surface area contributed by atoms with Crippen LogP contribution in [0.25, 0.3) is 0 Å². The van der Waals surface area contributed by atoms with Crippen molar-refractivity contribution < 1.29 is 105 Å². The van der Waals surface area contributed by atoms with Crippen LogP contribution in [0, 0.1) is 71.0 Å². The van der Waals surface area contributed by atoms with Crippen LogP contribution in [0.15, 0.2) is 0 Å². The van der Waals surface area contributed by atoms with E-state index in [0.717, 1.165) is 70.6 Å². The molecule has 3 aliphatic carbocycles. The van der Waals surface area contributed by atoms with Crippen LogP contribution in [0.1, 0.15) is 191 Å². The average molecular weight is 1200 g/mol. The largest absolute Gasteiger partial charge is 0.460 e. The van der Waals surface area contributed by atoms with Crippen molar-refractivity contribution in [2.45, 2.75) is 270 Å². The first-order valence-corrected chi connectivity index (χ1v) is 32.0. The van der Waals surface area contributed by atoms with Gasteiger partial charge in [0.25, 0.3) is 0 Å². The predicted octanol–water partition coefficient (Wildman–Crippen LogP) is 8.25. The summed E-state index contributed by atoms with van der Waals surface area (Å²) in [5.41, 5.74) is -3.74. The van der Waals surface area contributed by atoms with E-state index in [9.17, 15) is 28.8 Å². The minimum atomic E-state index is -2.02. The summed E-state index contributed by atoms with van der Waals surface area (Å²) >= 11 is 0. The number of esters is 6. The summed E-state index contributed by atoms with van der Waals surface area (Å²) in [4.78, 5) is 106. The molecule has 85 heavy (non-hydrogen) atoms. The summed E-state index contributed by atoms with van der Waals surface area (Å²) in [5.74, 6) is -5.86. The highest BCUT2D eigenvalue weighted by molar-refractivity contribution is 5.79. The first-order valence-electron chi connectivity index (χ1n) is 32.0. The number of fused-ring (bicyclic) bond motifs is 4. The van der Waals surface area contributed by atoms with Crippen molar-refractivity contribution in [3.8, 4) is 0 Å². The Kier molecular flexibility index (Phi) is 18.5. The molecular formula is C62H93NO22. The van der Waals surface area contributed by atoms with Gasteiger partial charge in [0, 0.05) is 54.4 Å². The van der Waals surface area contributed by atoms with E-state index >= 15 is 0 Å². The second kappa shape index (κ2) is 25.0. The Labute approximate surface area is 498 Å². The molecule has 1 N–H and O–H groups in total. The van der Waals surface area contributed by atoms with Crippen LogP contribution in [0.5, 0.6) is 0 Å². The van der Waals surface area contributed by atoms with E-state index in [0.29, 0.717) is 30.6 Å². The van der Waals surface area contributed by atoms with Gasteiger partial charge in [0.1, 0.15) is 13.2 Å². The molecule has 13 fully saturated rings. The number of hydrogen-bond donors (Lipinski definition) is 1. The smallest absolute Gasteiger partial charge is 0.308 e. The van der Waals surface area contributed by atoms with E-state index < -0.39 is 141 Å². The van der Waals surface area contributed by atoms with Crippen molar-refractivity contribution >= 4 is 35.8 Å². The highest BCUT2D eigenvalue weighted by Gasteiger charge is 2.72. The van der Waals surface area contributed by atoms with E-state index in [2.05, 4.69) is 19.2 Å². The SMILES string of the molecule is CC(C)NC(COC(=O)CCC(=O)O[C@@H]1O[C@@H]2O[C@@]3(C)CC[C@H]4[C@H](C)CC[C@@H]([C@H]1C)[C@@]24OO3)(COC(=O)CCC(=O)O[C@@H]1O[C@@H]2O[C@@]3(C)CC[C@H]4[C@H](C)CC[C@@H]([C@H]1C)[C@@]24OO3)OC(=O)CCC(=O)O[C@@H]1O[C@@H]2O[C@@H](C)CCC3CCC[C@H](C32)[C@H]1C. The zero-order chi connectivity index (χ0) is 60.4. The van der Waals surface area contributed by atoms with Gasteiger partial charge >= 0.3 is 35.8 Å². The molecule has 2 spiro atoms. The number of carbonyl (C=O) groups is 6. The Morgan fingerprint density at radius 2 is 0.976 bits per heavy atom. The molecule has 0 aromatic heterocycles. The molecule has 0 aromatic carbocycles. The van der Waals surface area contributed by atoms with Crippen molar-refractivity contribution in [3.63, 3.8) is 0 Å². The monoisotopic (exact) mass is 1200 g/mol. The number of nitrogens with one attached hydrogen (secondary N) is 1. The van der Waals surface area contributed by atoms with E-state index in [1.165, 1.54) is 0 Å². The first kappa shape index (κ1) is 63.0. The maximum absolute atomic E-state index is 14.0. The lowest BCUT2D eigenvalue weighted by atomic mass is 9.58. The zero-order valence-corrected chi connectivity index (χ0v) is 51.4. The number of hydrogen-bond acceptors (Lipinski definition) is 23. The summed E-state index contributed by atoms with van der Waals surface area (Å²) in [6.45, 7) is 18.1. The number of carbonyl (C=O) groups excluding carboxylic acids is 6. The Balaban J connectivity index is 0.716. The van der Waals surface area contributed by atoms with Gasteiger partial charge < -0.3 is 56.8 Å². The second-order valence-corrected chi connectivity index (χ2v) is 27.8. The lowest BCUT2D eigenvalue weighted by molar-refractivity contribution is -0.576. The van der Waals surface area contributed by atoms with Gasteiger partial charge in [-0.15, -0.1) is 0 Å². The first-order chi connectivity index (χ1) is 40.4. The Hall–Kier alpha value is -3.62. The minimum absolute atomic E-state index is 0.000879. The zero-order valence-electron chi connectivity index (χ0n) is 51.4. The summed E-state index contributed by atoms with van der Waals surface area (Å²) in [7, 11) is 0. The second-order valence-electron chi connectivity index (χ2n) is 27.8. The topological polar surface area (TPSA) is 262 Å². The highest BCUT2D eigenvalue weighted by atomic mass is 17.3. The third kappa shape index (κ3) is 12.5. The van der Waals surface area contributed by atoms with Gasteiger partial charge in [0.15, 0.2) is 30.1 Å². The molecule has 23 nitrogen and oxygen atoms in total. The third-order valence-corrected chi connectivity index (χ3v) is 21.5. The van der Waals surface area contributed by atoms with Gasteiger partial charge in [-0.2, -0.15) is 0 Å². The van der Waals surface area contributed by atoms with Crippen LogP contribution >= 0.6 is 0 Å². The fourth-order valence-corrected chi connectivity index (χ4v) is 17.0. The van der Waals surface area contributed by atoms with E-state index in [1.807, 2.05) is 41.5 Å². The maximum Gasteiger partial charge on any atom is 0.308 e. The van der Waals surface area contributed by atoms with Crippen molar-refractivity contribution in [2.75, 3.05) is 13.2 Å². The molecule has 0 radical (unpaired) electrons. The summed E-state index contributed by atoms with van der Waals surface area (Å²) < 4.78 is 73.6. The lowest BCUT2D eigenvalue weighted by Crippen LogP contribution is -2.70. The molecule has 10 aliphatic heterocycles. The van der Waals surface area contributed by atoms with Gasteiger partial charge in [-0.3, -0.25) is 34.1 Å². The molecule has 23 atom stereocenters. The molecule has 2 unspecified atom stereocenters. The Morgan fingerprint density at radius 1 is 0.506 bits per heavy atom. The molecular weight excluding hydrogens is 1110 g/mol. The molecule has 13 aliphatic rings. The summed E-state index contributed by atoms with van der Waals surface area (Å²) in [5, 5.41) is 3.09. The van der Waals surface area contributed by atoms with E-state index in [-0.39, 0.29) is 78.6 Å². The van der Waals surface area contributed by atoms with Crippen LogP contribution in [0.3, 0.4) is 0 Å². The molecule has 13 rings (SSSR count). The lowest BCUT2D eigenvalue weighted by Gasteiger charge is -2.59. The molecule has 4 bridgehead atoms. The fourth-order valence-electron chi connectivity index (χ4n) is 17.0. The molecule has 10 heterocycles. The third-order valence-electron chi connectivity index (χ3n) is 21.5. The van der Waals surface area contributed by atoms with E-state index in [1.54, 1.807) is 13.8 Å². The van der Waals surface area contributed by atoms with Crippen LogP contribution in [-0.4, -0.2) is 127 Å². The van der Waals surface area contributed by atoms with Gasteiger partial charge in [0.05, 0.1) is 44.6 Å². The molecule has 0 aromatic rings. The summed E-state index contributed by atoms with van der Waals surface area (Å²) in [6.07, 6.45) is 4.01. The maximum atomic E-state index is 14.0. The fraction of sp³-hybridized carbons (Fsp3) is 0.903. The van der Waals surface area contributed by atoms with Crippen LogP contribution in [0.4, 0.5) is 0 Å². The molecule has 10 saturated heterocycles. The van der Waals surface area contributed by atoms with Crippen molar-refractivity contribution in [1.29, 1.82) is 0 Å². The quantitative estimate of drug-likeness (QED) is 0.0552. The predicted molar refractivity (Wildman–Crippen MR) is 291 cm³/mol. The minimum Gasteiger partial charge on any atom is -0.460 e. The Bertz CT molecular complexity index is 2350. The molecule has 23 heteroatoms. The van der Waals surface area contributed by atoms with Crippen molar-refractivity contribution in [3.05, 3.63) is 0 Å². The van der Waals surface area contributed by atoms with Gasteiger partial charge in [0.2, 0.25) is 36.2 Å². The standard InChI is InChI=1S/C62H93NO22/c1-32(2)63-60(79-50(69)25-24-49(68)73-52-36(6)40-13-11-12-39-17-16-35(5)72-55(76-52)51(39)40,30-70-45(64)20-22-47(66)74-53-37(7)43-18-14-33(3)41-26-28-58(9)80-56(77-53)61(41,43)84-82-58)31-71-46(65)21-23-48(67)75-54-38(8)44-19-15-34(4)42-27-29-59(10)81-57(78-54)62(42,44)85-83-59/h32-44,51-57,63H,11-31H2,1-10H3/t33-,34-,35+,36-,37-,38-,39?,40+,41+,42+,43+,44+,51?,52-,53-,54-,55+,56-,57-,58-,59-,61-,62-/m1/s1. The van der Waals surface area contributed by atoms with Crippen molar-refractivity contribution in [1.82, 2.24) is 5.32 Å². The number of rotatable bonds is 19. The van der Waals surface area contributed by atoms with Gasteiger partial charge in [-0.05, 0) is 134 Å². The molecule has 3 saturated carbocycles. The van der Waals surface area contributed by atoms with Crippen LogP contribution in [-0.2, 0) is 105 Å². The number of ether oxygens (including phenoxy) is 12. The molecule has 0 amide bonds. The Morgan fingerprint density at radius 3 is 1.47 bits per heavy atom.